The summed E-state index contributed by atoms with van der Waals surface area (Å²) in [6.07, 6.45) is 3.38. The number of benzene rings is 1. The third-order valence-corrected chi connectivity index (χ3v) is 2.39. The van der Waals surface area contributed by atoms with Crippen LogP contribution in [-0.2, 0) is 6.54 Å². The number of allylic oxidation sites excluding steroid dienone is 1. The van der Waals surface area contributed by atoms with Crippen molar-refractivity contribution in [3.8, 4) is 6.07 Å². The normalized spacial score (nSPS) is 11.4. The van der Waals surface area contributed by atoms with Crippen LogP contribution in [0.15, 0.2) is 42.6 Å². The molecular weight excluding hydrogens is 196 g/mol. The van der Waals surface area contributed by atoms with Gasteiger partial charge in [0.2, 0.25) is 0 Å². The summed E-state index contributed by atoms with van der Waals surface area (Å²) in [6, 6.07) is 12.3. The topological polar surface area (TPSA) is 27.0 Å². The molecule has 16 heavy (non-hydrogen) atoms. The van der Waals surface area contributed by atoms with Crippen LogP contribution in [0.1, 0.15) is 26.3 Å². The van der Waals surface area contributed by atoms with Gasteiger partial charge in [0, 0.05) is 24.4 Å². The van der Waals surface area contributed by atoms with Gasteiger partial charge in [-0.15, -0.1) is 0 Å². The molecule has 0 aromatic heterocycles. The Kier molecular flexibility index (Phi) is 4.13. The summed E-state index contributed by atoms with van der Waals surface area (Å²) >= 11 is 0. The highest BCUT2D eigenvalue weighted by Gasteiger charge is 2.17. The molecule has 84 valence electrons. The molecule has 0 saturated carbocycles. The van der Waals surface area contributed by atoms with E-state index in [0.717, 1.165) is 6.54 Å². The maximum absolute atomic E-state index is 8.58. The molecule has 1 aromatic rings. The van der Waals surface area contributed by atoms with Gasteiger partial charge in [-0.05, 0) is 26.3 Å². The first-order chi connectivity index (χ1) is 7.54. The molecule has 0 fully saturated rings. The zero-order valence-electron chi connectivity index (χ0n) is 10.1. The number of nitriles is 1. The summed E-state index contributed by atoms with van der Waals surface area (Å²) in [6.45, 7) is 7.23. The van der Waals surface area contributed by atoms with Gasteiger partial charge in [-0.2, -0.15) is 5.26 Å². The van der Waals surface area contributed by atoms with Crippen molar-refractivity contribution in [3.63, 3.8) is 0 Å². The average molecular weight is 214 g/mol. The molecule has 0 N–H and O–H groups in total. The maximum Gasteiger partial charge on any atom is 0.0927 e. The van der Waals surface area contributed by atoms with Crippen LogP contribution >= 0.6 is 0 Å². The fraction of sp³-hybridized carbons (Fsp3) is 0.357. The van der Waals surface area contributed by atoms with E-state index >= 15 is 0 Å². The number of hydrogen-bond acceptors (Lipinski definition) is 2. The second kappa shape index (κ2) is 5.37. The van der Waals surface area contributed by atoms with Crippen LogP contribution in [0.25, 0.3) is 0 Å². The SMILES string of the molecule is CC(C)(C)N(/C=C/C#N)Cc1ccccc1. The Balaban J connectivity index is 2.80. The summed E-state index contributed by atoms with van der Waals surface area (Å²) in [4.78, 5) is 2.16. The monoisotopic (exact) mass is 214 g/mol. The molecule has 2 heteroatoms. The van der Waals surface area contributed by atoms with Crippen LogP contribution in [0.5, 0.6) is 0 Å². The predicted molar refractivity (Wildman–Crippen MR) is 66.5 cm³/mol. The summed E-state index contributed by atoms with van der Waals surface area (Å²) in [5.41, 5.74) is 1.27. The number of rotatable bonds is 3. The zero-order valence-corrected chi connectivity index (χ0v) is 10.1. The van der Waals surface area contributed by atoms with Crippen LogP contribution in [0.2, 0.25) is 0 Å². The van der Waals surface area contributed by atoms with Gasteiger partial charge in [0.25, 0.3) is 0 Å². The molecule has 0 saturated heterocycles. The van der Waals surface area contributed by atoms with Crippen molar-refractivity contribution in [2.24, 2.45) is 0 Å². The van der Waals surface area contributed by atoms with E-state index in [1.165, 1.54) is 11.6 Å². The molecule has 0 atom stereocenters. The second-order valence-corrected chi connectivity index (χ2v) is 4.73. The van der Waals surface area contributed by atoms with E-state index in [2.05, 4.69) is 37.8 Å². The largest absolute Gasteiger partial charge is 0.368 e. The Morgan fingerprint density at radius 1 is 1.25 bits per heavy atom. The van der Waals surface area contributed by atoms with E-state index in [1.54, 1.807) is 0 Å². The molecular formula is C14H18N2. The molecule has 0 amide bonds. The van der Waals surface area contributed by atoms with Gasteiger partial charge >= 0.3 is 0 Å². The molecule has 0 spiro atoms. The van der Waals surface area contributed by atoms with E-state index in [9.17, 15) is 0 Å². The first-order valence-electron chi connectivity index (χ1n) is 5.41. The quantitative estimate of drug-likeness (QED) is 0.722. The Bertz CT molecular complexity index is 379. The van der Waals surface area contributed by atoms with E-state index in [0.29, 0.717) is 0 Å². The Morgan fingerprint density at radius 2 is 1.88 bits per heavy atom. The number of nitrogens with zero attached hydrogens (tertiary/aromatic N) is 2. The predicted octanol–water partition coefficient (Wildman–Crippen LogP) is 3.32. The van der Waals surface area contributed by atoms with Crippen molar-refractivity contribution in [3.05, 3.63) is 48.2 Å². The molecule has 0 radical (unpaired) electrons. The Morgan fingerprint density at radius 3 is 2.38 bits per heavy atom. The zero-order chi connectivity index (χ0) is 12.0. The van der Waals surface area contributed by atoms with Crippen molar-refractivity contribution in [1.29, 1.82) is 5.26 Å². The lowest BCUT2D eigenvalue weighted by molar-refractivity contribution is 0.198. The lowest BCUT2D eigenvalue weighted by Gasteiger charge is -2.34. The van der Waals surface area contributed by atoms with Gasteiger partial charge in [-0.3, -0.25) is 0 Å². The minimum Gasteiger partial charge on any atom is -0.368 e. The van der Waals surface area contributed by atoms with Crippen molar-refractivity contribution < 1.29 is 0 Å². The third-order valence-electron chi connectivity index (χ3n) is 2.39. The molecule has 2 nitrogen and oxygen atoms in total. The average Bonchev–Trinajstić information content (AvgIpc) is 2.24. The first kappa shape index (κ1) is 12.3. The molecule has 0 aliphatic carbocycles. The second-order valence-electron chi connectivity index (χ2n) is 4.73. The molecule has 0 bridgehead atoms. The standard InChI is InChI=1S/C14H18N2/c1-14(2,3)16(11-7-10-15)12-13-8-5-4-6-9-13/h4-9,11H,12H2,1-3H3/b11-7+. The molecule has 0 aliphatic rings. The van der Waals surface area contributed by atoms with Crippen LogP contribution in [-0.4, -0.2) is 10.4 Å². The van der Waals surface area contributed by atoms with Crippen LogP contribution in [0, 0.1) is 11.3 Å². The van der Waals surface area contributed by atoms with E-state index < -0.39 is 0 Å². The van der Waals surface area contributed by atoms with Crippen molar-refractivity contribution >= 4 is 0 Å². The van der Waals surface area contributed by atoms with Gasteiger partial charge in [0.05, 0.1) is 6.07 Å². The van der Waals surface area contributed by atoms with Crippen molar-refractivity contribution in [2.45, 2.75) is 32.9 Å². The lowest BCUT2D eigenvalue weighted by atomic mass is 10.1. The van der Waals surface area contributed by atoms with Gasteiger partial charge in [0.15, 0.2) is 0 Å². The van der Waals surface area contributed by atoms with Gasteiger partial charge < -0.3 is 4.90 Å². The molecule has 0 aliphatic heterocycles. The van der Waals surface area contributed by atoms with E-state index in [1.807, 2.05) is 30.5 Å². The number of hydrogen-bond donors (Lipinski definition) is 0. The van der Waals surface area contributed by atoms with E-state index in [4.69, 9.17) is 5.26 Å². The molecule has 1 rings (SSSR count). The Hall–Kier alpha value is -1.75. The van der Waals surface area contributed by atoms with Gasteiger partial charge in [-0.25, -0.2) is 0 Å². The van der Waals surface area contributed by atoms with Crippen LogP contribution in [0.3, 0.4) is 0 Å². The lowest BCUT2D eigenvalue weighted by Crippen LogP contribution is -2.36. The van der Waals surface area contributed by atoms with Crippen molar-refractivity contribution in [1.82, 2.24) is 4.90 Å². The maximum atomic E-state index is 8.58. The van der Waals surface area contributed by atoms with Gasteiger partial charge in [0.1, 0.15) is 0 Å². The molecule has 1 aromatic carbocycles. The fourth-order valence-electron chi connectivity index (χ4n) is 1.42. The third kappa shape index (κ3) is 3.78. The smallest absolute Gasteiger partial charge is 0.0927 e. The highest BCUT2D eigenvalue weighted by Crippen LogP contribution is 2.17. The van der Waals surface area contributed by atoms with Crippen molar-refractivity contribution in [2.75, 3.05) is 0 Å². The minimum atomic E-state index is 0.0171. The summed E-state index contributed by atoms with van der Waals surface area (Å²) in [5, 5.41) is 8.58. The minimum absolute atomic E-state index is 0.0171. The molecule has 0 heterocycles. The summed E-state index contributed by atoms with van der Waals surface area (Å²) in [5.74, 6) is 0. The van der Waals surface area contributed by atoms with Gasteiger partial charge in [-0.1, -0.05) is 30.3 Å². The summed E-state index contributed by atoms with van der Waals surface area (Å²) in [7, 11) is 0. The van der Waals surface area contributed by atoms with Crippen LogP contribution in [0.4, 0.5) is 0 Å². The van der Waals surface area contributed by atoms with E-state index in [-0.39, 0.29) is 5.54 Å². The highest BCUT2D eigenvalue weighted by molar-refractivity contribution is 5.16. The molecule has 0 unspecified atom stereocenters. The van der Waals surface area contributed by atoms with Crippen LogP contribution < -0.4 is 0 Å². The summed E-state index contributed by atoms with van der Waals surface area (Å²) < 4.78 is 0. The highest BCUT2D eigenvalue weighted by atomic mass is 15.2. The Labute approximate surface area is 97.8 Å². The fourth-order valence-corrected chi connectivity index (χ4v) is 1.42. The first-order valence-corrected chi connectivity index (χ1v) is 5.41.